The molecular weight excluding hydrogens is 566 g/mol. The Morgan fingerprint density at radius 3 is 2.50 bits per heavy atom. The molecule has 6 nitrogen and oxygen atoms in total. The van der Waals surface area contributed by atoms with E-state index in [2.05, 4.69) is 31.8 Å². The summed E-state index contributed by atoms with van der Waals surface area (Å²) in [5, 5.41) is 9.42. The molecular formula is C30H27BrClN3O3. The molecule has 0 spiro atoms. The summed E-state index contributed by atoms with van der Waals surface area (Å²) in [5.41, 5.74) is 4.72. The van der Waals surface area contributed by atoms with E-state index in [0.717, 1.165) is 26.4 Å². The second-order valence-electron chi connectivity index (χ2n) is 9.05. The standard InChI is InChI=1S/C30H27BrClN3O3/c1-19(2)28(34-29(36)22-7-5-8-24(32)16-22)30(37)35-33-17-26-25-9-4-3-6-21(25)12-15-27(26)38-18-20-10-13-23(31)14-11-20/h3-17,19,28H,18H2,1-2H3,(H,34,36)(H,35,37)/b33-17+. The van der Waals surface area contributed by atoms with Gasteiger partial charge in [-0.05, 0) is 58.7 Å². The molecule has 0 aliphatic heterocycles. The van der Waals surface area contributed by atoms with Gasteiger partial charge in [0.1, 0.15) is 18.4 Å². The zero-order valence-electron chi connectivity index (χ0n) is 20.9. The number of amides is 2. The number of rotatable bonds is 9. The first-order chi connectivity index (χ1) is 18.3. The van der Waals surface area contributed by atoms with Crippen molar-refractivity contribution in [3.63, 3.8) is 0 Å². The quantitative estimate of drug-likeness (QED) is 0.167. The number of fused-ring (bicyclic) bond motifs is 1. The van der Waals surface area contributed by atoms with E-state index in [1.54, 1.807) is 30.5 Å². The lowest BCUT2D eigenvalue weighted by molar-refractivity contribution is -0.123. The molecule has 0 saturated heterocycles. The molecule has 2 amide bonds. The Morgan fingerprint density at radius 2 is 1.76 bits per heavy atom. The van der Waals surface area contributed by atoms with E-state index in [9.17, 15) is 9.59 Å². The van der Waals surface area contributed by atoms with E-state index >= 15 is 0 Å². The van der Waals surface area contributed by atoms with Gasteiger partial charge < -0.3 is 10.1 Å². The van der Waals surface area contributed by atoms with E-state index in [-0.39, 0.29) is 11.8 Å². The lowest BCUT2D eigenvalue weighted by atomic mass is 10.0. The molecule has 4 rings (SSSR count). The minimum Gasteiger partial charge on any atom is -0.488 e. The average Bonchev–Trinajstić information content (AvgIpc) is 2.91. The molecule has 4 aromatic carbocycles. The number of benzene rings is 4. The van der Waals surface area contributed by atoms with Crippen LogP contribution in [0.5, 0.6) is 5.75 Å². The van der Waals surface area contributed by atoms with Gasteiger partial charge >= 0.3 is 0 Å². The first-order valence-corrected chi connectivity index (χ1v) is 13.3. The van der Waals surface area contributed by atoms with E-state index in [0.29, 0.717) is 22.9 Å². The normalized spacial score (nSPS) is 12.0. The van der Waals surface area contributed by atoms with Gasteiger partial charge in [-0.1, -0.05) is 89.9 Å². The van der Waals surface area contributed by atoms with E-state index in [1.165, 1.54) is 0 Å². The topological polar surface area (TPSA) is 79.8 Å². The minimum atomic E-state index is -0.792. The monoisotopic (exact) mass is 591 g/mol. The summed E-state index contributed by atoms with van der Waals surface area (Å²) in [6, 6.07) is 25.5. The third-order valence-electron chi connectivity index (χ3n) is 5.93. The van der Waals surface area contributed by atoms with E-state index in [4.69, 9.17) is 16.3 Å². The highest BCUT2D eigenvalue weighted by atomic mass is 79.9. The van der Waals surface area contributed by atoms with Gasteiger partial charge in [-0.15, -0.1) is 0 Å². The lowest BCUT2D eigenvalue weighted by Gasteiger charge is -2.20. The van der Waals surface area contributed by atoms with E-state index in [1.807, 2.05) is 74.5 Å². The number of hydrogen-bond acceptors (Lipinski definition) is 4. The van der Waals surface area contributed by atoms with Crippen LogP contribution in [0.2, 0.25) is 5.02 Å². The third kappa shape index (κ3) is 7.00. The van der Waals surface area contributed by atoms with Crippen LogP contribution >= 0.6 is 27.5 Å². The van der Waals surface area contributed by atoms with Crippen LogP contribution in [0.3, 0.4) is 0 Å². The maximum absolute atomic E-state index is 13.0. The highest BCUT2D eigenvalue weighted by Gasteiger charge is 2.24. The van der Waals surface area contributed by atoms with Gasteiger partial charge in [-0.2, -0.15) is 5.10 Å². The summed E-state index contributed by atoms with van der Waals surface area (Å²) in [4.78, 5) is 25.7. The van der Waals surface area contributed by atoms with Gasteiger partial charge in [0.25, 0.3) is 11.8 Å². The summed E-state index contributed by atoms with van der Waals surface area (Å²) in [6.07, 6.45) is 1.58. The second-order valence-corrected chi connectivity index (χ2v) is 10.4. The van der Waals surface area contributed by atoms with Crippen molar-refractivity contribution in [3.05, 3.63) is 111 Å². The number of hydrogen-bond donors (Lipinski definition) is 2. The van der Waals surface area contributed by atoms with E-state index < -0.39 is 11.9 Å². The average molecular weight is 593 g/mol. The van der Waals surface area contributed by atoms with Crippen LogP contribution in [0.25, 0.3) is 10.8 Å². The van der Waals surface area contributed by atoms with Gasteiger partial charge in [0.05, 0.1) is 6.21 Å². The molecule has 8 heteroatoms. The predicted molar refractivity (Wildman–Crippen MR) is 156 cm³/mol. The zero-order valence-corrected chi connectivity index (χ0v) is 23.3. The maximum atomic E-state index is 13.0. The molecule has 0 heterocycles. The Bertz CT molecular complexity index is 1470. The fourth-order valence-electron chi connectivity index (χ4n) is 3.90. The molecule has 2 N–H and O–H groups in total. The van der Waals surface area contributed by atoms with Crippen molar-refractivity contribution >= 4 is 56.3 Å². The molecule has 0 fully saturated rings. The van der Waals surface area contributed by atoms with Crippen molar-refractivity contribution in [1.29, 1.82) is 0 Å². The molecule has 194 valence electrons. The van der Waals surface area contributed by atoms with Crippen molar-refractivity contribution in [1.82, 2.24) is 10.7 Å². The minimum absolute atomic E-state index is 0.171. The number of nitrogens with one attached hydrogen (secondary N) is 2. The first kappa shape index (κ1) is 27.4. The highest BCUT2D eigenvalue weighted by molar-refractivity contribution is 9.10. The lowest BCUT2D eigenvalue weighted by Crippen LogP contribution is -2.48. The van der Waals surface area contributed by atoms with Gasteiger partial charge in [-0.25, -0.2) is 5.43 Å². The maximum Gasteiger partial charge on any atom is 0.262 e. The van der Waals surface area contributed by atoms with Gasteiger partial charge in [0, 0.05) is 20.6 Å². The Kier molecular flexibility index (Phi) is 9.15. The Labute approximate surface area is 235 Å². The molecule has 38 heavy (non-hydrogen) atoms. The second kappa shape index (κ2) is 12.7. The number of halogens is 2. The van der Waals surface area contributed by atoms with Crippen molar-refractivity contribution < 1.29 is 14.3 Å². The number of carbonyl (C=O) groups excluding carboxylic acids is 2. The number of hydrazone groups is 1. The summed E-state index contributed by atoms with van der Waals surface area (Å²) < 4.78 is 7.14. The van der Waals surface area contributed by atoms with Crippen LogP contribution in [0, 0.1) is 5.92 Å². The summed E-state index contributed by atoms with van der Waals surface area (Å²) in [6.45, 7) is 4.08. The van der Waals surface area contributed by atoms with Crippen molar-refractivity contribution in [2.24, 2.45) is 11.0 Å². The van der Waals surface area contributed by atoms with Crippen LogP contribution in [0.15, 0.2) is 94.5 Å². The van der Waals surface area contributed by atoms with Crippen molar-refractivity contribution in [2.75, 3.05) is 0 Å². The number of carbonyl (C=O) groups is 2. The van der Waals surface area contributed by atoms with Crippen LogP contribution in [-0.4, -0.2) is 24.1 Å². The fourth-order valence-corrected chi connectivity index (χ4v) is 4.35. The fraction of sp³-hybridized carbons (Fsp3) is 0.167. The molecule has 4 aromatic rings. The van der Waals surface area contributed by atoms with Crippen molar-refractivity contribution in [2.45, 2.75) is 26.5 Å². The van der Waals surface area contributed by atoms with Crippen LogP contribution in [-0.2, 0) is 11.4 Å². The Morgan fingerprint density at radius 1 is 1.00 bits per heavy atom. The number of ether oxygens (including phenoxy) is 1. The predicted octanol–water partition coefficient (Wildman–Crippen LogP) is 6.74. The summed E-state index contributed by atoms with van der Waals surface area (Å²) in [5.74, 6) is -0.345. The molecule has 0 aliphatic carbocycles. The number of nitrogens with zero attached hydrogens (tertiary/aromatic N) is 1. The van der Waals surface area contributed by atoms with Gasteiger partial charge in [0.15, 0.2) is 0 Å². The molecule has 1 unspecified atom stereocenters. The molecule has 0 saturated carbocycles. The Hall–Kier alpha value is -3.68. The largest absolute Gasteiger partial charge is 0.488 e. The molecule has 0 bridgehead atoms. The first-order valence-electron chi connectivity index (χ1n) is 12.1. The van der Waals surface area contributed by atoms with Gasteiger partial charge in [0.2, 0.25) is 0 Å². The Balaban J connectivity index is 1.51. The molecule has 0 aliphatic rings. The highest BCUT2D eigenvalue weighted by Crippen LogP contribution is 2.27. The van der Waals surface area contributed by atoms with Gasteiger partial charge in [-0.3, -0.25) is 9.59 Å². The third-order valence-corrected chi connectivity index (χ3v) is 6.69. The summed E-state index contributed by atoms with van der Waals surface area (Å²) >= 11 is 9.45. The molecule has 0 radical (unpaired) electrons. The summed E-state index contributed by atoms with van der Waals surface area (Å²) in [7, 11) is 0. The SMILES string of the molecule is CC(C)C(NC(=O)c1cccc(Cl)c1)C(=O)N/N=C/c1c(OCc2ccc(Br)cc2)ccc2ccccc12. The zero-order chi connectivity index (χ0) is 27.1. The van der Waals surface area contributed by atoms with Crippen LogP contribution in [0.4, 0.5) is 0 Å². The molecule has 0 aromatic heterocycles. The van der Waals surface area contributed by atoms with Crippen LogP contribution < -0.4 is 15.5 Å². The van der Waals surface area contributed by atoms with Crippen LogP contribution in [0.1, 0.15) is 35.3 Å². The molecule has 1 atom stereocenters. The smallest absolute Gasteiger partial charge is 0.262 e. The van der Waals surface area contributed by atoms with Crippen molar-refractivity contribution in [3.8, 4) is 5.75 Å².